The van der Waals surface area contributed by atoms with E-state index in [4.69, 9.17) is 14.2 Å². The van der Waals surface area contributed by atoms with Crippen molar-refractivity contribution in [2.24, 2.45) is 0 Å². The van der Waals surface area contributed by atoms with Crippen molar-refractivity contribution in [3.63, 3.8) is 0 Å². The van der Waals surface area contributed by atoms with Crippen molar-refractivity contribution in [2.75, 3.05) is 39.6 Å². The predicted octanol–water partition coefficient (Wildman–Crippen LogP) is 0.172. The van der Waals surface area contributed by atoms with E-state index in [9.17, 15) is 28.8 Å². The molecule has 0 aromatic rings. The van der Waals surface area contributed by atoms with Crippen LogP contribution in [0.25, 0.3) is 0 Å². The third kappa shape index (κ3) is 11.6. The Balaban J connectivity index is 5.17. The second-order valence-corrected chi connectivity index (χ2v) is 11.7. The van der Waals surface area contributed by atoms with E-state index < -0.39 is 68.8 Å². The summed E-state index contributed by atoms with van der Waals surface area (Å²) in [6.07, 6.45) is -1.82. The molecule has 0 radical (unpaired) electrons. The summed E-state index contributed by atoms with van der Waals surface area (Å²) >= 11 is -4.23. The molecule has 0 bridgehead atoms. The molecule has 0 aliphatic heterocycles. The molecule has 0 saturated heterocycles. The zero-order valence-corrected chi connectivity index (χ0v) is 19.0. The molecule has 0 aliphatic rings. The van der Waals surface area contributed by atoms with E-state index in [1.54, 1.807) is 20.8 Å². The summed E-state index contributed by atoms with van der Waals surface area (Å²) in [5.41, 5.74) is 0. The average Bonchev–Trinajstić information content (AvgIpc) is 2.62. The minimum atomic E-state index is -4.23. The van der Waals surface area contributed by atoms with Gasteiger partial charge >= 0.3 is 172 Å². The molecule has 0 unspecified atom stereocenters. The number of ketones is 3. The summed E-state index contributed by atoms with van der Waals surface area (Å²) in [5, 5.41) is 0. The quantitative estimate of drug-likeness (QED) is 0.253. The maximum absolute atomic E-state index is 12.5. The zero-order valence-electron chi connectivity index (χ0n) is 16.5. The number of ether oxygens (including phenoxy) is 3. The van der Waals surface area contributed by atoms with Crippen molar-refractivity contribution in [1.29, 1.82) is 0 Å². The van der Waals surface area contributed by atoms with E-state index in [1.165, 1.54) is 0 Å². The second-order valence-electron chi connectivity index (χ2n) is 5.70. The van der Waals surface area contributed by atoms with Crippen LogP contribution >= 0.6 is 0 Å². The third-order valence-electron chi connectivity index (χ3n) is 3.31. The summed E-state index contributed by atoms with van der Waals surface area (Å²) in [5.74, 6) is -1.65. The molecule has 0 amide bonds. The van der Waals surface area contributed by atoms with Gasteiger partial charge in [0.15, 0.2) is 0 Å². The van der Waals surface area contributed by atoms with Crippen molar-refractivity contribution >= 4 is 27.8 Å². The maximum atomic E-state index is 12.5. The zero-order chi connectivity index (χ0) is 21.5. The van der Waals surface area contributed by atoms with Crippen LogP contribution in [-0.4, -0.2) is 67.5 Å². The molecule has 0 atom stereocenters. The van der Waals surface area contributed by atoms with E-state index in [0.29, 0.717) is 0 Å². The molecule has 0 aromatic heterocycles. The summed E-state index contributed by atoms with van der Waals surface area (Å²) in [6.45, 7) is 4.98. The van der Waals surface area contributed by atoms with Crippen LogP contribution < -0.4 is 0 Å². The Morgan fingerprint density at radius 2 is 0.786 bits per heavy atom. The summed E-state index contributed by atoms with van der Waals surface area (Å²) in [7, 11) is 0. The fourth-order valence-corrected chi connectivity index (χ4v) is 7.12. The Morgan fingerprint density at radius 3 is 1.00 bits per heavy atom. The van der Waals surface area contributed by atoms with Gasteiger partial charge in [0.2, 0.25) is 0 Å². The topological polar surface area (TPSA) is 130 Å². The van der Waals surface area contributed by atoms with Gasteiger partial charge in [0.1, 0.15) is 0 Å². The fraction of sp³-hybridized carbons (Fsp3) is 0.667. The van der Waals surface area contributed by atoms with Gasteiger partial charge < -0.3 is 0 Å². The number of Topliss-reactive ketones (excluding diaryl/α,β-unsaturated/α-hetero) is 3. The van der Waals surface area contributed by atoms with Crippen LogP contribution in [-0.2, 0) is 64.7 Å². The molecule has 0 fully saturated rings. The standard InChI is InChI=1S/3C6H9O3.Zr/c3*1-2-9-5-6(8)3-4-7;/h3*2-3,5H2,1H3;. The van der Waals surface area contributed by atoms with Crippen LogP contribution in [0.5, 0.6) is 0 Å². The van der Waals surface area contributed by atoms with Crippen LogP contribution in [0.1, 0.15) is 40.0 Å². The molecule has 157 valence electrons. The molecular weight excluding hydrogens is 451 g/mol. The first-order valence-corrected chi connectivity index (χ1v) is 12.7. The fourth-order valence-electron chi connectivity index (χ4n) is 2.07. The van der Waals surface area contributed by atoms with Crippen LogP contribution in [0.2, 0.25) is 0 Å². The van der Waals surface area contributed by atoms with Crippen molar-refractivity contribution in [1.82, 2.24) is 0 Å². The Labute approximate surface area is 172 Å². The number of hydrogen-bond donors (Lipinski definition) is 0. The number of carbonyl (C=O) groups is 6. The average molecular weight is 479 g/mol. The minimum absolute atomic E-state index is 0.279. The van der Waals surface area contributed by atoms with Gasteiger partial charge in [-0.3, -0.25) is 0 Å². The van der Waals surface area contributed by atoms with Gasteiger partial charge in [-0.05, 0) is 0 Å². The van der Waals surface area contributed by atoms with Crippen LogP contribution in [0.3, 0.4) is 0 Å². The molecule has 0 aromatic carbocycles. The first-order chi connectivity index (χ1) is 13.3. The first-order valence-electron chi connectivity index (χ1n) is 9.01. The first kappa shape index (κ1) is 26.8. The van der Waals surface area contributed by atoms with Gasteiger partial charge in [-0.2, -0.15) is 0 Å². The molecule has 0 heterocycles. The number of hydrogen-bond acceptors (Lipinski definition) is 9. The molecule has 10 heteroatoms. The van der Waals surface area contributed by atoms with Gasteiger partial charge in [-0.1, -0.05) is 0 Å². The Kier molecular flexibility index (Phi) is 15.0. The van der Waals surface area contributed by atoms with Gasteiger partial charge in [0.05, 0.1) is 0 Å². The Morgan fingerprint density at radius 1 is 0.536 bits per heavy atom. The SMILES string of the molecule is CCOCC(=O)C[C](=O)[Zr]([C](=O)CC(=O)COCC)[C](=O)CC(=O)COCC. The van der Waals surface area contributed by atoms with Crippen molar-refractivity contribution in [3.05, 3.63) is 0 Å². The van der Waals surface area contributed by atoms with Gasteiger partial charge in [-0.25, -0.2) is 0 Å². The van der Waals surface area contributed by atoms with E-state index in [1.807, 2.05) is 0 Å². The summed E-state index contributed by atoms with van der Waals surface area (Å²) in [4.78, 5) is 72.8. The van der Waals surface area contributed by atoms with Crippen LogP contribution in [0.15, 0.2) is 0 Å². The summed E-state index contributed by atoms with van der Waals surface area (Å²) in [6, 6.07) is 0. The molecule has 9 nitrogen and oxygen atoms in total. The summed E-state index contributed by atoms with van der Waals surface area (Å²) < 4.78 is 12.5. The number of carbonyl (C=O) groups excluding carboxylic acids is 6. The monoisotopic (exact) mass is 477 g/mol. The van der Waals surface area contributed by atoms with Gasteiger partial charge in [0, 0.05) is 0 Å². The van der Waals surface area contributed by atoms with Crippen LogP contribution in [0.4, 0.5) is 0 Å². The Hall–Kier alpha value is -1.22. The second kappa shape index (κ2) is 15.7. The van der Waals surface area contributed by atoms with E-state index in [-0.39, 0.29) is 39.6 Å². The van der Waals surface area contributed by atoms with Gasteiger partial charge in [-0.15, -0.1) is 0 Å². The normalized spacial score (nSPS) is 10.4. The van der Waals surface area contributed by atoms with Gasteiger partial charge in [0.25, 0.3) is 0 Å². The van der Waals surface area contributed by atoms with E-state index in [0.717, 1.165) is 0 Å². The molecule has 0 aliphatic carbocycles. The van der Waals surface area contributed by atoms with Crippen molar-refractivity contribution < 1.29 is 64.7 Å². The van der Waals surface area contributed by atoms with Crippen LogP contribution in [0, 0.1) is 0 Å². The molecular formula is C18H27O9Zr. The van der Waals surface area contributed by atoms with Crippen molar-refractivity contribution in [3.8, 4) is 0 Å². The molecule has 0 saturated carbocycles. The van der Waals surface area contributed by atoms with E-state index >= 15 is 0 Å². The third-order valence-corrected chi connectivity index (χ3v) is 8.73. The Bertz CT molecular complexity index is 505. The van der Waals surface area contributed by atoms with Crippen molar-refractivity contribution in [2.45, 2.75) is 40.0 Å². The molecule has 0 spiro atoms. The molecule has 0 N–H and O–H groups in total. The molecule has 28 heavy (non-hydrogen) atoms. The number of rotatable bonds is 18. The molecule has 0 rings (SSSR count). The van der Waals surface area contributed by atoms with E-state index in [2.05, 4.69) is 0 Å². The predicted molar refractivity (Wildman–Crippen MR) is 93.4 cm³/mol.